The molecule has 0 aliphatic heterocycles. The summed E-state index contributed by atoms with van der Waals surface area (Å²) < 4.78 is 7.01. The Hall–Kier alpha value is -2.21. The maximum absolute atomic E-state index is 5.42. The molecule has 6 heteroatoms. The SMILES string of the molecule is COc1cc(-n2cnnn2)ccc1-c1cc[c]s1. The molecule has 3 rings (SSSR count). The number of ether oxygens (including phenoxy) is 1. The van der Waals surface area contributed by atoms with Gasteiger partial charge in [-0.05, 0) is 34.7 Å². The molecule has 1 radical (unpaired) electrons. The van der Waals surface area contributed by atoms with Crippen molar-refractivity contribution in [1.82, 2.24) is 20.2 Å². The minimum Gasteiger partial charge on any atom is -0.496 e. The number of nitrogens with zero attached hydrogens (tertiary/aromatic N) is 4. The lowest BCUT2D eigenvalue weighted by Crippen LogP contribution is -1.96. The summed E-state index contributed by atoms with van der Waals surface area (Å²) in [4.78, 5) is 1.12. The van der Waals surface area contributed by atoms with Gasteiger partial charge in [0.05, 0.1) is 12.8 Å². The Labute approximate surface area is 108 Å². The van der Waals surface area contributed by atoms with Crippen LogP contribution in [0.25, 0.3) is 16.1 Å². The summed E-state index contributed by atoms with van der Waals surface area (Å²) in [5, 5.41) is 14.2. The van der Waals surface area contributed by atoms with Crippen molar-refractivity contribution < 1.29 is 4.74 Å². The molecule has 0 saturated carbocycles. The van der Waals surface area contributed by atoms with Gasteiger partial charge in [0.15, 0.2) is 0 Å². The lowest BCUT2D eigenvalue weighted by atomic mass is 10.1. The monoisotopic (exact) mass is 257 g/mol. The lowest BCUT2D eigenvalue weighted by Gasteiger charge is -2.08. The van der Waals surface area contributed by atoms with Crippen molar-refractivity contribution in [2.75, 3.05) is 7.11 Å². The maximum atomic E-state index is 5.42. The van der Waals surface area contributed by atoms with Crippen LogP contribution in [0.2, 0.25) is 0 Å². The fourth-order valence-corrected chi connectivity index (χ4v) is 2.37. The zero-order chi connectivity index (χ0) is 12.4. The molecule has 0 aliphatic rings. The van der Waals surface area contributed by atoms with Crippen molar-refractivity contribution in [3.63, 3.8) is 0 Å². The Bertz CT molecular complexity index is 634. The molecule has 0 saturated heterocycles. The van der Waals surface area contributed by atoms with E-state index in [1.54, 1.807) is 29.5 Å². The lowest BCUT2D eigenvalue weighted by molar-refractivity contribution is 0.416. The van der Waals surface area contributed by atoms with Crippen molar-refractivity contribution >= 4 is 11.3 Å². The fourth-order valence-electron chi connectivity index (χ4n) is 1.69. The summed E-state index contributed by atoms with van der Waals surface area (Å²) in [6, 6.07) is 9.77. The third kappa shape index (κ3) is 1.86. The van der Waals surface area contributed by atoms with E-state index in [4.69, 9.17) is 4.74 Å². The Morgan fingerprint density at radius 1 is 1.33 bits per heavy atom. The Balaban J connectivity index is 2.08. The predicted octanol–water partition coefficient (Wildman–Crippen LogP) is 2.20. The van der Waals surface area contributed by atoms with E-state index in [0.717, 1.165) is 21.9 Å². The standard InChI is InChI=1S/C12H9N4OS/c1-17-11-7-9(16-8-13-14-15-16)4-5-10(11)12-3-2-6-18-12/h2-5,7-8H,1H3. The van der Waals surface area contributed by atoms with Crippen LogP contribution in [0.5, 0.6) is 5.75 Å². The maximum Gasteiger partial charge on any atom is 0.143 e. The van der Waals surface area contributed by atoms with Gasteiger partial charge in [-0.25, -0.2) is 4.68 Å². The Morgan fingerprint density at radius 2 is 2.28 bits per heavy atom. The molecular weight excluding hydrogens is 248 g/mol. The minimum atomic E-state index is 0.791. The van der Waals surface area contributed by atoms with Crippen molar-refractivity contribution in [3.8, 4) is 21.9 Å². The quantitative estimate of drug-likeness (QED) is 0.721. The topological polar surface area (TPSA) is 52.8 Å². The number of tetrazole rings is 1. The zero-order valence-corrected chi connectivity index (χ0v) is 10.4. The highest BCUT2D eigenvalue weighted by molar-refractivity contribution is 7.13. The Kier molecular flexibility index (Phi) is 2.77. The second-order valence-electron chi connectivity index (χ2n) is 3.56. The molecule has 0 fully saturated rings. The van der Waals surface area contributed by atoms with Crippen LogP contribution in [-0.4, -0.2) is 27.3 Å². The molecule has 0 amide bonds. The number of benzene rings is 1. The third-order valence-corrected chi connectivity index (χ3v) is 3.37. The van der Waals surface area contributed by atoms with Crippen LogP contribution in [0.15, 0.2) is 36.7 Å². The molecule has 2 aromatic heterocycles. The molecule has 0 spiro atoms. The second kappa shape index (κ2) is 4.58. The first-order valence-corrected chi connectivity index (χ1v) is 6.08. The molecule has 0 unspecified atom stereocenters. The van der Waals surface area contributed by atoms with Gasteiger partial charge in [0.2, 0.25) is 0 Å². The van der Waals surface area contributed by atoms with Gasteiger partial charge in [0.25, 0.3) is 0 Å². The van der Waals surface area contributed by atoms with Crippen LogP contribution in [0.1, 0.15) is 0 Å². The van der Waals surface area contributed by atoms with Gasteiger partial charge in [0, 0.05) is 21.9 Å². The van der Waals surface area contributed by atoms with Gasteiger partial charge in [-0.15, -0.1) is 16.4 Å². The summed E-state index contributed by atoms with van der Waals surface area (Å²) >= 11 is 1.56. The second-order valence-corrected chi connectivity index (χ2v) is 4.44. The van der Waals surface area contributed by atoms with E-state index in [0.29, 0.717) is 0 Å². The van der Waals surface area contributed by atoms with Crippen LogP contribution < -0.4 is 4.74 Å². The first kappa shape index (κ1) is 10.9. The highest BCUT2D eigenvalue weighted by Gasteiger charge is 2.09. The van der Waals surface area contributed by atoms with E-state index in [9.17, 15) is 0 Å². The van der Waals surface area contributed by atoms with Crippen molar-refractivity contribution in [3.05, 3.63) is 42.0 Å². The van der Waals surface area contributed by atoms with E-state index in [-0.39, 0.29) is 0 Å². The van der Waals surface area contributed by atoms with E-state index in [2.05, 4.69) is 20.9 Å². The molecule has 1 aromatic carbocycles. The number of rotatable bonds is 3. The predicted molar refractivity (Wildman–Crippen MR) is 67.9 cm³/mol. The zero-order valence-electron chi connectivity index (χ0n) is 9.57. The normalized spacial score (nSPS) is 10.5. The van der Waals surface area contributed by atoms with Crippen molar-refractivity contribution in [1.29, 1.82) is 0 Å². The van der Waals surface area contributed by atoms with Crippen LogP contribution >= 0.6 is 11.3 Å². The summed E-state index contributed by atoms with van der Waals surface area (Å²) in [5.41, 5.74) is 1.90. The highest BCUT2D eigenvalue weighted by atomic mass is 32.1. The van der Waals surface area contributed by atoms with Gasteiger partial charge >= 0.3 is 0 Å². The van der Waals surface area contributed by atoms with Gasteiger partial charge in [0.1, 0.15) is 12.1 Å². The van der Waals surface area contributed by atoms with Crippen LogP contribution in [-0.2, 0) is 0 Å². The van der Waals surface area contributed by atoms with Gasteiger partial charge in [-0.2, -0.15) is 0 Å². The number of aromatic nitrogens is 4. The fraction of sp³-hybridized carbons (Fsp3) is 0.0833. The molecule has 0 bridgehead atoms. The summed E-state index contributed by atoms with van der Waals surface area (Å²) in [7, 11) is 1.65. The van der Waals surface area contributed by atoms with E-state index < -0.39 is 0 Å². The number of thiophene rings is 1. The molecule has 0 aliphatic carbocycles. The van der Waals surface area contributed by atoms with Gasteiger partial charge in [-0.3, -0.25) is 0 Å². The molecule has 0 N–H and O–H groups in total. The Morgan fingerprint density at radius 3 is 2.94 bits per heavy atom. The van der Waals surface area contributed by atoms with Crippen LogP contribution in [0, 0.1) is 5.38 Å². The third-order valence-electron chi connectivity index (χ3n) is 2.54. The average Bonchev–Trinajstić information content (AvgIpc) is 3.11. The number of hydrogen-bond donors (Lipinski definition) is 0. The first-order valence-electron chi connectivity index (χ1n) is 5.26. The summed E-state index contributed by atoms with van der Waals surface area (Å²) in [5.74, 6) is 0.791. The van der Waals surface area contributed by atoms with Gasteiger partial charge < -0.3 is 4.74 Å². The largest absolute Gasteiger partial charge is 0.496 e. The molecule has 3 aromatic rings. The summed E-state index contributed by atoms with van der Waals surface area (Å²) in [6.45, 7) is 0. The van der Waals surface area contributed by atoms with Crippen molar-refractivity contribution in [2.24, 2.45) is 0 Å². The molecular formula is C12H9N4OS. The number of methoxy groups -OCH3 is 1. The van der Waals surface area contributed by atoms with Crippen LogP contribution in [0.4, 0.5) is 0 Å². The minimum absolute atomic E-state index is 0.791. The van der Waals surface area contributed by atoms with Gasteiger partial charge in [-0.1, -0.05) is 0 Å². The molecule has 89 valence electrons. The van der Waals surface area contributed by atoms with E-state index >= 15 is 0 Å². The number of hydrogen-bond acceptors (Lipinski definition) is 5. The smallest absolute Gasteiger partial charge is 0.143 e. The van der Waals surface area contributed by atoms with E-state index in [1.165, 1.54) is 0 Å². The first-order chi connectivity index (χ1) is 8.88. The van der Waals surface area contributed by atoms with Crippen LogP contribution in [0.3, 0.4) is 0 Å². The molecule has 18 heavy (non-hydrogen) atoms. The van der Waals surface area contributed by atoms with Crippen molar-refractivity contribution in [2.45, 2.75) is 0 Å². The highest BCUT2D eigenvalue weighted by Crippen LogP contribution is 2.34. The molecule has 2 heterocycles. The average molecular weight is 257 g/mol. The van der Waals surface area contributed by atoms with E-state index in [1.807, 2.05) is 30.3 Å². The molecule has 0 atom stereocenters. The molecule has 5 nitrogen and oxygen atoms in total. The summed E-state index contributed by atoms with van der Waals surface area (Å²) in [6.07, 6.45) is 1.55.